The van der Waals surface area contributed by atoms with Crippen LogP contribution in [0.5, 0.6) is 0 Å². The number of esters is 1. The van der Waals surface area contributed by atoms with Gasteiger partial charge in [-0.2, -0.15) is 0 Å². The van der Waals surface area contributed by atoms with E-state index in [9.17, 15) is 4.79 Å². The maximum Gasteiger partial charge on any atom is 0.303 e. The average Bonchev–Trinajstić information content (AvgIpc) is 3.02. The molecule has 0 N–H and O–H groups in total. The molecule has 122 valence electrons. The molecule has 0 radical (unpaired) electrons. The molecular formula is C19H14N4O2. The fraction of sp³-hybridized carbons (Fsp3) is 0.158. The number of rotatable bonds is 3. The molecule has 2 aromatic heterocycles. The monoisotopic (exact) mass is 330 g/mol. The quantitative estimate of drug-likeness (QED) is 0.541. The molecule has 0 amide bonds. The van der Waals surface area contributed by atoms with E-state index in [1.165, 1.54) is 13.3 Å². The fourth-order valence-corrected chi connectivity index (χ4v) is 2.18. The number of fused-ring (bicyclic) bond motifs is 1. The lowest BCUT2D eigenvalue weighted by atomic mass is 10.2. The van der Waals surface area contributed by atoms with E-state index >= 15 is 0 Å². The third kappa shape index (κ3) is 4.21. The van der Waals surface area contributed by atoms with Crippen molar-refractivity contribution < 1.29 is 9.53 Å². The molecule has 0 spiro atoms. The Labute approximate surface area is 144 Å². The highest BCUT2D eigenvalue weighted by Gasteiger charge is 2.08. The van der Waals surface area contributed by atoms with E-state index < -0.39 is 0 Å². The minimum Gasteiger partial charge on any atom is -0.453 e. The molecule has 3 aromatic rings. The van der Waals surface area contributed by atoms with Crippen LogP contribution in [0.4, 0.5) is 0 Å². The summed E-state index contributed by atoms with van der Waals surface area (Å²) in [7, 11) is 0. The molecule has 0 saturated heterocycles. The van der Waals surface area contributed by atoms with Crippen molar-refractivity contribution in [3.8, 4) is 23.7 Å². The van der Waals surface area contributed by atoms with Crippen LogP contribution in [0.3, 0.4) is 0 Å². The summed E-state index contributed by atoms with van der Waals surface area (Å²) in [5.41, 5.74) is 3.02. The third-order valence-corrected chi connectivity index (χ3v) is 3.28. The average molecular weight is 330 g/mol. The molecule has 6 heteroatoms. The lowest BCUT2D eigenvalue weighted by Gasteiger charge is -2.03. The zero-order chi connectivity index (χ0) is 17.5. The molecule has 0 aliphatic rings. The Kier molecular flexibility index (Phi) is 5.04. The van der Waals surface area contributed by atoms with E-state index in [1.54, 1.807) is 6.33 Å². The maximum atomic E-state index is 10.6. The van der Waals surface area contributed by atoms with Crippen LogP contribution < -0.4 is 0 Å². The van der Waals surface area contributed by atoms with Gasteiger partial charge in [0.05, 0.1) is 12.9 Å². The van der Waals surface area contributed by atoms with Crippen molar-refractivity contribution >= 4 is 17.1 Å². The Bertz CT molecular complexity index is 1020. The summed E-state index contributed by atoms with van der Waals surface area (Å²) in [6.07, 6.45) is 3.19. The molecule has 1 aromatic carbocycles. The van der Waals surface area contributed by atoms with Crippen molar-refractivity contribution in [1.82, 2.24) is 19.5 Å². The van der Waals surface area contributed by atoms with Gasteiger partial charge in [-0.15, -0.1) is 0 Å². The number of hydrogen-bond donors (Lipinski definition) is 0. The number of benzene rings is 1. The van der Waals surface area contributed by atoms with Crippen LogP contribution in [0, 0.1) is 23.7 Å². The van der Waals surface area contributed by atoms with E-state index in [0.717, 1.165) is 11.2 Å². The second-order valence-corrected chi connectivity index (χ2v) is 5.08. The van der Waals surface area contributed by atoms with Crippen molar-refractivity contribution in [1.29, 1.82) is 0 Å². The van der Waals surface area contributed by atoms with Crippen molar-refractivity contribution in [2.24, 2.45) is 0 Å². The van der Waals surface area contributed by atoms with Crippen molar-refractivity contribution in [3.05, 3.63) is 54.2 Å². The van der Waals surface area contributed by atoms with Gasteiger partial charge in [0.2, 0.25) is 0 Å². The number of nitrogens with zero attached hydrogens (tertiary/aromatic N) is 4. The highest BCUT2D eigenvalue weighted by atomic mass is 16.5. The van der Waals surface area contributed by atoms with Crippen molar-refractivity contribution in [2.75, 3.05) is 6.61 Å². The number of aromatic nitrogens is 4. The van der Waals surface area contributed by atoms with Crippen molar-refractivity contribution in [2.45, 2.75) is 13.5 Å². The van der Waals surface area contributed by atoms with Gasteiger partial charge in [-0.3, -0.25) is 4.79 Å². The number of hydrogen-bond acceptors (Lipinski definition) is 5. The first-order chi connectivity index (χ1) is 12.2. The lowest BCUT2D eigenvalue weighted by Crippen LogP contribution is -1.99. The Hall–Kier alpha value is -3.64. The SMILES string of the molecule is CC(=O)OCC#CC#Cc1ncnc2c1ncn2Cc1ccccc1. The molecule has 6 nitrogen and oxygen atoms in total. The second kappa shape index (κ2) is 7.76. The fourth-order valence-electron chi connectivity index (χ4n) is 2.18. The van der Waals surface area contributed by atoms with Gasteiger partial charge in [0.25, 0.3) is 0 Å². The number of carbonyl (C=O) groups is 1. The van der Waals surface area contributed by atoms with Gasteiger partial charge in [0, 0.05) is 6.92 Å². The molecule has 0 aliphatic carbocycles. The number of carbonyl (C=O) groups excluding carboxylic acids is 1. The lowest BCUT2D eigenvalue weighted by molar-refractivity contribution is -0.139. The Morgan fingerprint density at radius 1 is 1.16 bits per heavy atom. The normalized spacial score (nSPS) is 9.64. The minimum atomic E-state index is -0.372. The van der Waals surface area contributed by atoms with Gasteiger partial charge in [-0.05, 0) is 29.2 Å². The van der Waals surface area contributed by atoms with Gasteiger partial charge in [0.15, 0.2) is 12.3 Å². The highest BCUT2D eigenvalue weighted by Crippen LogP contribution is 2.14. The van der Waals surface area contributed by atoms with Gasteiger partial charge in [0.1, 0.15) is 17.5 Å². The second-order valence-electron chi connectivity index (χ2n) is 5.08. The summed E-state index contributed by atoms with van der Waals surface area (Å²) >= 11 is 0. The smallest absolute Gasteiger partial charge is 0.303 e. The standard InChI is InChI=1S/C19H14N4O2/c1-15(24)25-11-7-3-6-10-17-18-19(21-13-20-17)23(14-22-18)12-16-8-4-2-5-9-16/h2,4-5,8-9,13-14H,11-12H2,1H3. The molecular weight excluding hydrogens is 316 g/mol. The molecule has 0 saturated carbocycles. The topological polar surface area (TPSA) is 69.9 Å². The Balaban J connectivity index is 1.81. The summed E-state index contributed by atoms with van der Waals surface area (Å²) in [4.78, 5) is 23.5. The first kappa shape index (κ1) is 16.2. The maximum absolute atomic E-state index is 10.6. The summed E-state index contributed by atoms with van der Waals surface area (Å²) in [5.74, 6) is 10.4. The number of ether oxygens (including phenoxy) is 1. The third-order valence-electron chi connectivity index (χ3n) is 3.28. The summed E-state index contributed by atoms with van der Waals surface area (Å²) in [5, 5.41) is 0. The zero-order valence-corrected chi connectivity index (χ0v) is 13.6. The predicted octanol–water partition coefficient (Wildman–Crippen LogP) is 1.79. The molecule has 0 fully saturated rings. The first-order valence-corrected chi connectivity index (χ1v) is 7.56. The molecule has 0 unspecified atom stereocenters. The van der Waals surface area contributed by atoms with Crippen LogP contribution in [0.15, 0.2) is 43.0 Å². The van der Waals surface area contributed by atoms with E-state index in [0.29, 0.717) is 17.8 Å². The van der Waals surface area contributed by atoms with Crippen LogP contribution in [0.25, 0.3) is 11.2 Å². The van der Waals surface area contributed by atoms with Gasteiger partial charge < -0.3 is 9.30 Å². The Morgan fingerprint density at radius 3 is 2.80 bits per heavy atom. The summed E-state index contributed by atoms with van der Waals surface area (Å²) < 4.78 is 6.65. The molecule has 0 bridgehead atoms. The van der Waals surface area contributed by atoms with Crippen molar-refractivity contribution in [3.63, 3.8) is 0 Å². The van der Waals surface area contributed by atoms with Crippen LogP contribution in [-0.2, 0) is 16.1 Å². The summed E-state index contributed by atoms with van der Waals surface area (Å²) in [6.45, 7) is 2.02. The molecule has 3 rings (SSSR count). The van der Waals surface area contributed by atoms with Gasteiger partial charge in [-0.1, -0.05) is 30.3 Å². The first-order valence-electron chi connectivity index (χ1n) is 7.56. The summed E-state index contributed by atoms with van der Waals surface area (Å²) in [6, 6.07) is 10.1. The zero-order valence-electron chi connectivity index (χ0n) is 13.6. The van der Waals surface area contributed by atoms with Gasteiger partial charge in [-0.25, -0.2) is 15.0 Å². The number of imidazole rings is 1. The molecule has 0 aliphatic heterocycles. The van der Waals surface area contributed by atoms with E-state index in [1.807, 2.05) is 34.9 Å². The predicted molar refractivity (Wildman–Crippen MR) is 92.2 cm³/mol. The minimum absolute atomic E-state index is 0.0227. The molecule has 0 atom stereocenters. The van der Waals surface area contributed by atoms with E-state index in [2.05, 4.69) is 38.6 Å². The van der Waals surface area contributed by atoms with Crippen LogP contribution >= 0.6 is 0 Å². The molecule has 2 heterocycles. The largest absolute Gasteiger partial charge is 0.453 e. The van der Waals surface area contributed by atoms with Crippen LogP contribution in [-0.4, -0.2) is 32.1 Å². The van der Waals surface area contributed by atoms with Gasteiger partial charge >= 0.3 is 5.97 Å². The van der Waals surface area contributed by atoms with Crippen LogP contribution in [0.2, 0.25) is 0 Å². The highest BCUT2D eigenvalue weighted by molar-refractivity contribution is 5.76. The van der Waals surface area contributed by atoms with E-state index in [-0.39, 0.29) is 12.6 Å². The molecule has 25 heavy (non-hydrogen) atoms. The Morgan fingerprint density at radius 2 is 2.00 bits per heavy atom. The van der Waals surface area contributed by atoms with Crippen LogP contribution in [0.1, 0.15) is 18.2 Å². The van der Waals surface area contributed by atoms with E-state index in [4.69, 9.17) is 4.74 Å².